The first kappa shape index (κ1) is 74.2. The van der Waals surface area contributed by atoms with Crippen LogP contribution in [-0.2, 0) is 28.6 Å². The maximum Gasteiger partial charge on any atom is 0.306 e. The SMILES string of the molecule is CCC/C=C\CCCCCCCC(=O)OCC(COC(=O)CCCCCCCCCCCCCCCCCCCCCCCCCCCCCCCCCCCC)OC(=O)CCCCCCCCCCCCCCCC. The maximum atomic E-state index is 12.9. The van der Waals surface area contributed by atoms with Crippen molar-refractivity contribution in [2.45, 2.75) is 406 Å². The second kappa shape index (κ2) is 65.7. The van der Waals surface area contributed by atoms with Crippen LogP contribution in [0.1, 0.15) is 400 Å². The molecule has 0 radical (unpaired) electrons. The number of carbonyl (C=O) groups is 3. The third-order valence-corrected chi connectivity index (χ3v) is 16.0. The van der Waals surface area contributed by atoms with E-state index in [2.05, 4.69) is 32.9 Å². The molecule has 6 heteroatoms. The minimum atomic E-state index is -0.768. The van der Waals surface area contributed by atoms with Crippen molar-refractivity contribution in [3.8, 4) is 0 Å². The first-order valence-corrected chi connectivity index (χ1v) is 34.7. The van der Waals surface area contributed by atoms with Gasteiger partial charge in [-0.1, -0.05) is 354 Å². The van der Waals surface area contributed by atoms with Gasteiger partial charge >= 0.3 is 17.9 Å². The van der Waals surface area contributed by atoms with Gasteiger partial charge in [-0.3, -0.25) is 14.4 Å². The van der Waals surface area contributed by atoms with Gasteiger partial charge in [-0.2, -0.15) is 0 Å². The summed E-state index contributed by atoms with van der Waals surface area (Å²) in [5.74, 6) is -0.850. The summed E-state index contributed by atoms with van der Waals surface area (Å²) in [4.78, 5) is 38.2. The van der Waals surface area contributed by atoms with Crippen LogP contribution in [0.5, 0.6) is 0 Å². The number of rotatable bonds is 65. The van der Waals surface area contributed by atoms with E-state index in [0.717, 1.165) is 70.6 Å². The molecule has 450 valence electrons. The topological polar surface area (TPSA) is 78.9 Å². The molecule has 0 amide bonds. The van der Waals surface area contributed by atoms with Gasteiger partial charge in [-0.25, -0.2) is 0 Å². The Labute approximate surface area is 475 Å². The summed E-state index contributed by atoms with van der Waals surface area (Å²) >= 11 is 0. The Kier molecular flexibility index (Phi) is 64.1. The quantitative estimate of drug-likeness (QED) is 0.0261. The van der Waals surface area contributed by atoms with Crippen LogP contribution in [0.25, 0.3) is 0 Å². The van der Waals surface area contributed by atoms with Crippen LogP contribution in [0.2, 0.25) is 0 Å². The summed E-state index contributed by atoms with van der Waals surface area (Å²) in [5, 5.41) is 0. The third kappa shape index (κ3) is 63.0. The molecule has 0 saturated carbocycles. The Morgan fingerprint density at radius 2 is 0.461 bits per heavy atom. The lowest BCUT2D eigenvalue weighted by Gasteiger charge is -2.18. The number of carbonyl (C=O) groups excluding carboxylic acids is 3. The van der Waals surface area contributed by atoms with Crippen LogP contribution in [0.4, 0.5) is 0 Å². The number of hydrogen-bond donors (Lipinski definition) is 0. The fourth-order valence-electron chi connectivity index (χ4n) is 10.8. The molecule has 0 aromatic carbocycles. The fraction of sp³-hybridized carbons (Fsp3) is 0.929. The van der Waals surface area contributed by atoms with Gasteiger partial charge in [-0.05, 0) is 38.5 Å². The molecule has 0 bridgehead atoms. The van der Waals surface area contributed by atoms with Gasteiger partial charge in [0.2, 0.25) is 0 Å². The van der Waals surface area contributed by atoms with Crippen molar-refractivity contribution >= 4 is 17.9 Å². The number of allylic oxidation sites excluding steroid dienone is 2. The number of esters is 3. The Morgan fingerprint density at radius 1 is 0.250 bits per heavy atom. The smallest absolute Gasteiger partial charge is 0.306 e. The van der Waals surface area contributed by atoms with Crippen LogP contribution < -0.4 is 0 Å². The number of ether oxygens (including phenoxy) is 3. The molecule has 0 aromatic heterocycles. The van der Waals surface area contributed by atoms with Crippen molar-refractivity contribution in [2.24, 2.45) is 0 Å². The Hall–Kier alpha value is -1.85. The van der Waals surface area contributed by atoms with Crippen molar-refractivity contribution in [2.75, 3.05) is 13.2 Å². The zero-order valence-corrected chi connectivity index (χ0v) is 51.8. The van der Waals surface area contributed by atoms with Crippen molar-refractivity contribution in [1.82, 2.24) is 0 Å². The molecular formula is C70H134O6. The zero-order valence-electron chi connectivity index (χ0n) is 51.8. The van der Waals surface area contributed by atoms with E-state index >= 15 is 0 Å². The second-order valence-electron chi connectivity index (χ2n) is 23.8. The highest BCUT2D eigenvalue weighted by molar-refractivity contribution is 5.71. The molecule has 0 saturated heterocycles. The predicted molar refractivity (Wildman–Crippen MR) is 330 cm³/mol. The molecule has 0 fully saturated rings. The molecule has 0 heterocycles. The normalized spacial score (nSPS) is 12.0. The molecule has 1 atom stereocenters. The minimum absolute atomic E-state index is 0.0665. The predicted octanol–water partition coefficient (Wildman–Crippen LogP) is 23.6. The van der Waals surface area contributed by atoms with Crippen molar-refractivity contribution < 1.29 is 28.6 Å². The molecule has 0 aromatic rings. The summed E-state index contributed by atoms with van der Waals surface area (Å²) in [6.07, 6.45) is 78.5. The zero-order chi connectivity index (χ0) is 55.0. The molecular weight excluding hydrogens is 937 g/mol. The van der Waals surface area contributed by atoms with Gasteiger partial charge in [-0.15, -0.1) is 0 Å². The van der Waals surface area contributed by atoms with E-state index < -0.39 is 6.10 Å². The summed E-state index contributed by atoms with van der Waals surface area (Å²) in [7, 11) is 0. The first-order chi connectivity index (χ1) is 37.5. The van der Waals surface area contributed by atoms with Crippen LogP contribution in [-0.4, -0.2) is 37.2 Å². The number of hydrogen-bond acceptors (Lipinski definition) is 6. The van der Waals surface area contributed by atoms with E-state index in [4.69, 9.17) is 14.2 Å². The van der Waals surface area contributed by atoms with E-state index in [1.54, 1.807) is 0 Å². The van der Waals surface area contributed by atoms with Gasteiger partial charge in [0, 0.05) is 19.3 Å². The van der Waals surface area contributed by atoms with E-state index in [1.165, 1.54) is 289 Å². The summed E-state index contributed by atoms with van der Waals surface area (Å²) in [6.45, 7) is 6.64. The van der Waals surface area contributed by atoms with E-state index in [-0.39, 0.29) is 31.1 Å². The molecule has 0 aliphatic carbocycles. The molecule has 1 unspecified atom stereocenters. The van der Waals surface area contributed by atoms with E-state index in [1.807, 2.05) is 0 Å². The standard InChI is InChI=1S/C70H134O6/c1-4-7-10-13-16-19-22-24-26-27-28-29-30-31-32-33-34-35-36-37-38-39-40-41-42-43-44-45-47-48-51-54-57-60-63-69(72)75-66-67(65-74-68(71)62-59-56-53-50-21-18-15-12-9-6-3)76-70(73)64-61-58-55-52-49-46-25-23-20-17-14-11-8-5-2/h12,15,67H,4-11,13-14,16-66H2,1-3H3/b15-12-. The second-order valence-corrected chi connectivity index (χ2v) is 23.8. The lowest BCUT2D eigenvalue weighted by atomic mass is 10.0. The van der Waals surface area contributed by atoms with E-state index in [0.29, 0.717) is 19.3 Å². The molecule has 0 spiro atoms. The Morgan fingerprint density at radius 3 is 0.711 bits per heavy atom. The van der Waals surface area contributed by atoms with Crippen molar-refractivity contribution in [3.63, 3.8) is 0 Å². The highest BCUT2D eigenvalue weighted by atomic mass is 16.6. The average molecular weight is 1070 g/mol. The Balaban J connectivity index is 3.95. The lowest BCUT2D eigenvalue weighted by Crippen LogP contribution is -2.30. The van der Waals surface area contributed by atoms with Crippen LogP contribution >= 0.6 is 0 Å². The minimum Gasteiger partial charge on any atom is -0.462 e. The monoisotopic (exact) mass is 1070 g/mol. The summed E-state index contributed by atoms with van der Waals surface area (Å²) in [6, 6.07) is 0. The average Bonchev–Trinajstić information content (AvgIpc) is 3.42. The Bertz CT molecular complexity index is 1180. The molecule has 0 rings (SSSR count). The van der Waals surface area contributed by atoms with Gasteiger partial charge in [0.25, 0.3) is 0 Å². The van der Waals surface area contributed by atoms with Gasteiger partial charge in [0.05, 0.1) is 0 Å². The summed E-state index contributed by atoms with van der Waals surface area (Å²) < 4.78 is 16.9. The third-order valence-electron chi connectivity index (χ3n) is 16.0. The van der Waals surface area contributed by atoms with Crippen molar-refractivity contribution in [1.29, 1.82) is 0 Å². The lowest BCUT2D eigenvalue weighted by molar-refractivity contribution is -0.167. The van der Waals surface area contributed by atoms with Gasteiger partial charge in [0.15, 0.2) is 6.10 Å². The summed E-state index contributed by atoms with van der Waals surface area (Å²) in [5.41, 5.74) is 0. The van der Waals surface area contributed by atoms with Crippen LogP contribution in [0.15, 0.2) is 12.2 Å². The van der Waals surface area contributed by atoms with Crippen molar-refractivity contribution in [3.05, 3.63) is 12.2 Å². The molecule has 0 aliphatic heterocycles. The van der Waals surface area contributed by atoms with Gasteiger partial charge in [0.1, 0.15) is 13.2 Å². The molecule has 0 N–H and O–H groups in total. The van der Waals surface area contributed by atoms with Gasteiger partial charge < -0.3 is 14.2 Å². The fourth-order valence-corrected chi connectivity index (χ4v) is 10.8. The molecule has 76 heavy (non-hydrogen) atoms. The number of unbranched alkanes of at least 4 members (excludes halogenated alkanes) is 52. The van der Waals surface area contributed by atoms with Crippen LogP contribution in [0.3, 0.4) is 0 Å². The molecule has 0 aliphatic rings. The van der Waals surface area contributed by atoms with Crippen LogP contribution in [0, 0.1) is 0 Å². The first-order valence-electron chi connectivity index (χ1n) is 34.7. The molecule has 6 nitrogen and oxygen atoms in total. The highest BCUT2D eigenvalue weighted by Gasteiger charge is 2.19. The maximum absolute atomic E-state index is 12.9. The highest BCUT2D eigenvalue weighted by Crippen LogP contribution is 2.19. The largest absolute Gasteiger partial charge is 0.462 e. The van der Waals surface area contributed by atoms with E-state index in [9.17, 15) is 14.4 Å².